The number of aromatic nitrogens is 2. The zero-order valence-corrected chi connectivity index (χ0v) is 15.9. The molecule has 1 fully saturated rings. The van der Waals surface area contributed by atoms with Gasteiger partial charge in [-0.1, -0.05) is 20.3 Å². The van der Waals surface area contributed by atoms with E-state index in [2.05, 4.69) is 18.8 Å². The summed E-state index contributed by atoms with van der Waals surface area (Å²) in [4.78, 5) is 30.5. The van der Waals surface area contributed by atoms with E-state index in [-0.39, 0.29) is 11.5 Å². The standard InChI is InChI=1S/C19H25N3O2S/c1-4-6-16-12(2)7-5-10-22(16)17(23)13-8-9-14-15(11-13)20-19(25)21(3)18(14)24/h8-9,11-12,16H,4-7,10H2,1-3H3,(H,20,25)/t12-,16+/m0/s1. The van der Waals surface area contributed by atoms with Crippen LogP contribution in [0.15, 0.2) is 23.0 Å². The van der Waals surface area contributed by atoms with Crippen molar-refractivity contribution in [1.29, 1.82) is 0 Å². The number of hydrogen-bond donors (Lipinski definition) is 1. The first-order valence-corrected chi connectivity index (χ1v) is 9.39. The van der Waals surface area contributed by atoms with Crippen molar-refractivity contribution < 1.29 is 4.79 Å². The van der Waals surface area contributed by atoms with Crippen molar-refractivity contribution in [2.75, 3.05) is 6.54 Å². The second-order valence-corrected chi connectivity index (χ2v) is 7.42. The summed E-state index contributed by atoms with van der Waals surface area (Å²) in [7, 11) is 1.64. The van der Waals surface area contributed by atoms with Crippen molar-refractivity contribution in [3.8, 4) is 0 Å². The van der Waals surface area contributed by atoms with Gasteiger partial charge in [-0.3, -0.25) is 14.2 Å². The molecule has 1 saturated heterocycles. The molecule has 25 heavy (non-hydrogen) atoms. The topological polar surface area (TPSA) is 58.1 Å². The fourth-order valence-corrected chi connectivity index (χ4v) is 4.04. The van der Waals surface area contributed by atoms with E-state index < -0.39 is 0 Å². The van der Waals surface area contributed by atoms with E-state index in [1.54, 1.807) is 25.2 Å². The smallest absolute Gasteiger partial charge is 0.261 e. The highest BCUT2D eigenvalue weighted by molar-refractivity contribution is 7.71. The van der Waals surface area contributed by atoms with Crippen LogP contribution in [0.2, 0.25) is 0 Å². The molecule has 1 aliphatic heterocycles. The van der Waals surface area contributed by atoms with E-state index in [9.17, 15) is 9.59 Å². The first-order valence-electron chi connectivity index (χ1n) is 8.98. The Kier molecular flexibility index (Phi) is 5.08. The summed E-state index contributed by atoms with van der Waals surface area (Å²) in [5.74, 6) is 0.572. The Morgan fingerprint density at radius 1 is 1.40 bits per heavy atom. The molecule has 1 N–H and O–H groups in total. The quantitative estimate of drug-likeness (QED) is 0.851. The molecule has 0 aliphatic carbocycles. The van der Waals surface area contributed by atoms with Crippen LogP contribution in [0.5, 0.6) is 0 Å². The minimum atomic E-state index is -0.145. The first kappa shape index (κ1) is 17.9. The van der Waals surface area contributed by atoms with Crippen molar-refractivity contribution in [3.63, 3.8) is 0 Å². The Hall–Kier alpha value is -1.95. The second-order valence-electron chi connectivity index (χ2n) is 7.03. The number of piperidine rings is 1. The molecular weight excluding hydrogens is 334 g/mol. The number of aromatic amines is 1. The van der Waals surface area contributed by atoms with Gasteiger partial charge in [-0.25, -0.2) is 0 Å². The van der Waals surface area contributed by atoms with Gasteiger partial charge in [-0.05, 0) is 55.6 Å². The maximum Gasteiger partial charge on any atom is 0.261 e. The van der Waals surface area contributed by atoms with Crippen molar-refractivity contribution >= 4 is 29.0 Å². The number of rotatable bonds is 3. The van der Waals surface area contributed by atoms with Gasteiger partial charge in [-0.2, -0.15) is 0 Å². The highest BCUT2D eigenvalue weighted by atomic mass is 32.1. The lowest BCUT2D eigenvalue weighted by atomic mass is 9.87. The molecule has 1 amide bonds. The van der Waals surface area contributed by atoms with Crippen LogP contribution < -0.4 is 5.56 Å². The largest absolute Gasteiger partial charge is 0.335 e. The van der Waals surface area contributed by atoms with Gasteiger partial charge in [0, 0.05) is 25.2 Å². The monoisotopic (exact) mass is 359 g/mol. The average Bonchev–Trinajstić information content (AvgIpc) is 2.60. The fraction of sp³-hybridized carbons (Fsp3) is 0.526. The molecule has 3 rings (SSSR count). The number of H-pyrrole nitrogens is 1. The Bertz CT molecular complexity index is 915. The minimum absolute atomic E-state index is 0.0481. The average molecular weight is 359 g/mol. The number of benzene rings is 1. The third-order valence-electron chi connectivity index (χ3n) is 5.31. The normalized spacial score (nSPS) is 20.8. The predicted octanol–water partition coefficient (Wildman–Crippen LogP) is 3.64. The lowest BCUT2D eigenvalue weighted by molar-refractivity contribution is 0.0498. The fourth-order valence-electron chi connectivity index (χ4n) is 3.84. The van der Waals surface area contributed by atoms with Crippen LogP contribution in [0.4, 0.5) is 0 Å². The summed E-state index contributed by atoms with van der Waals surface area (Å²) < 4.78 is 1.76. The van der Waals surface area contributed by atoms with Crippen LogP contribution in [-0.4, -0.2) is 32.9 Å². The van der Waals surface area contributed by atoms with Gasteiger partial charge in [0.15, 0.2) is 4.77 Å². The van der Waals surface area contributed by atoms with Gasteiger partial charge in [0.1, 0.15) is 0 Å². The second kappa shape index (κ2) is 7.12. The van der Waals surface area contributed by atoms with E-state index in [0.717, 1.165) is 25.8 Å². The van der Waals surface area contributed by atoms with Crippen LogP contribution in [-0.2, 0) is 7.05 Å². The summed E-state index contributed by atoms with van der Waals surface area (Å²) in [5.41, 5.74) is 1.09. The summed E-state index contributed by atoms with van der Waals surface area (Å²) in [6, 6.07) is 5.53. The molecule has 5 nitrogen and oxygen atoms in total. The maximum absolute atomic E-state index is 13.1. The van der Waals surface area contributed by atoms with Crippen molar-refractivity contribution in [1.82, 2.24) is 14.5 Å². The van der Waals surface area contributed by atoms with Gasteiger partial charge in [0.25, 0.3) is 11.5 Å². The van der Waals surface area contributed by atoms with Crippen LogP contribution in [0.1, 0.15) is 49.9 Å². The molecule has 2 heterocycles. The molecule has 0 spiro atoms. The highest BCUT2D eigenvalue weighted by Crippen LogP contribution is 2.28. The van der Waals surface area contributed by atoms with E-state index in [1.807, 2.05) is 4.90 Å². The third-order valence-corrected chi connectivity index (χ3v) is 5.68. The lowest BCUT2D eigenvalue weighted by Crippen LogP contribution is -2.47. The molecule has 0 unspecified atom stereocenters. The molecule has 1 aliphatic rings. The Morgan fingerprint density at radius 2 is 2.16 bits per heavy atom. The number of fused-ring (bicyclic) bond motifs is 1. The van der Waals surface area contributed by atoms with Gasteiger partial charge >= 0.3 is 0 Å². The SMILES string of the molecule is CCC[C@@H]1[C@@H](C)CCCN1C(=O)c1ccc2c(=O)n(C)c(=S)[nH]c2c1. The van der Waals surface area contributed by atoms with Gasteiger partial charge < -0.3 is 9.88 Å². The molecule has 0 saturated carbocycles. The molecule has 1 aromatic carbocycles. The van der Waals surface area contributed by atoms with Crippen LogP contribution in [0, 0.1) is 10.7 Å². The lowest BCUT2D eigenvalue weighted by Gasteiger charge is -2.40. The number of carbonyl (C=O) groups excluding carboxylic acids is 1. The number of hydrogen-bond acceptors (Lipinski definition) is 3. The number of amides is 1. The number of likely N-dealkylation sites (tertiary alicyclic amines) is 1. The first-order chi connectivity index (χ1) is 11.9. The van der Waals surface area contributed by atoms with E-state index in [4.69, 9.17) is 12.2 Å². The van der Waals surface area contributed by atoms with E-state index in [1.165, 1.54) is 11.0 Å². The van der Waals surface area contributed by atoms with Crippen molar-refractivity contribution in [2.24, 2.45) is 13.0 Å². The zero-order valence-electron chi connectivity index (χ0n) is 15.0. The van der Waals surface area contributed by atoms with E-state index >= 15 is 0 Å². The van der Waals surface area contributed by atoms with Crippen LogP contribution >= 0.6 is 12.2 Å². The van der Waals surface area contributed by atoms with Gasteiger partial charge in [0.05, 0.1) is 10.9 Å². The van der Waals surface area contributed by atoms with Gasteiger partial charge in [-0.15, -0.1) is 0 Å². The molecular formula is C19H25N3O2S. The molecule has 0 radical (unpaired) electrons. The summed E-state index contributed by atoms with van der Waals surface area (Å²) in [6.07, 6.45) is 4.32. The summed E-state index contributed by atoms with van der Waals surface area (Å²) in [5, 5.41) is 0.546. The van der Waals surface area contributed by atoms with Gasteiger partial charge in [0.2, 0.25) is 0 Å². The Labute approximate surface area is 152 Å². The molecule has 134 valence electrons. The summed E-state index contributed by atoms with van der Waals surface area (Å²) in [6.45, 7) is 5.20. The van der Waals surface area contributed by atoms with Crippen molar-refractivity contribution in [3.05, 3.63) is 38.9 Å². The summed E-state index contributed by atoms with van der Waals surface area (Å²) >= 11 is 5.18. The predicted molar refractivity (Wildman–Crippen MR) is 103 cm³/mol. The molecule has 0 bridgehead atoms. The molecule has 2 aromatic rings. The third kappa shape index (κ3) is 3.27. The highest BCUT2D eigenvalue weighted by Gasteiger charge is 2.31. The van der Waals surface area contributed by atoms with Crippen molar-refractivity contribution in [2.45, 2.75) is 45.6 Å². The molecule has 1 aromatic heterocycles. The van der Waals surface area contributed by atoms with Crippen LogP contribution in [0.3, 0.4) is 0 Å². The maximum atomic E-state index is 13.1. The molecule has 2 atom stereocenters. The number of carbonyl (C=O) groups is 1. The Balaban J connectivity index is 2.00. The zero-order chi connectivity index (χ0) is 18.1. The number of nitrogens with zero attached hydrogens (tertiary/aromatic N) is 2. The Morgan fingerprint density at radius 3 is 2.88 bits per heavy atom. The minimum Gasteiger partial charge on any atom is -0.335 e. The van der Waals surface area contributed by atoms with E-state index in [0.29, 0.717) is 33.2 Å². The number of nitrogens with one attached hydrogen (secondary N) is 1. The van der Waals surface area contributed by atoms with Crippen LogP contribution in [0.25, 0.3) is 10.9 Å². The molecule has 6 heteroatoms.